The molecule has 0 aromatic heterocycles. The summed E-state index contributed by atoms with van der Waals surface area (Å²) >= 11 is 0. The Labute approximate surface area is 157 Å². The van der Waals surface area contributed by atoms with Crippen molar-refractivity contribution in [2.45, 2.75) is 62.9 Å². The van der Waals surface area contributed by atoms with Crippen LogP contribution in [-0.2, 0) is 14.3 Å². The molecular weight excluding hydrogens is 348 g/mol. The molecule has 3 saturated carbocycles. The van der Waals surface area contributed by atoms with Crippen molar-refractivity contribution in [3.63, 3.8) is 0 Å². The summed E-state index contributed by atoms with van der Waals surface area (Å²) in [6.45, 7) is 3.20. The van der Waals surface area contributed by atoms with E-state index >= 15 is 0 Å². The van der Waals surface area contributed by atoms with E-state index < -0.39 is 35.1 Å². The number of rotatable bonds is 2. The predicted octanol–water partition coefficient (Wildman–Crippen LogP) is 0.689. The average molecular weight is 374 g/mol. The Bertz CT molecular complexity index is 815. The zero-order chi connectivity index (χ0) is 19.4. The summed E-state index contributed by atoms with van der Waals surface area (Å²) in [4.78, 5) is 24.3. The highest BCUT2D eigenvalue weighted by Gasteiger charge is 2.82. The predicted molar refractivity (Wildman–Crippen MR) is 94.5 cm³/mol. The lowest BCUT2D eigenvalue weighted by Crippen LogP contribution is -2.63. The molecule has 6 heteroatoms. The van der Waals surface area contributed by atoms with Gasteiger partial charge >= 0.3 is 0 Å². The second kappa shape index (κ2) is 4.98. The van der Waals surface area contributed by atoms with E-state index in [9.17, 15) is 24.9 Å². The third-order valence-corrected chi connectivity index (χ3v) is 8.72. The Morgan fingerprint density at radius 2 is 2.07 bits per heavy atom. The fraction of sp³-hybridized carbons (Fsp3) is 0.714. The van der Waals surface area contributed by atoms with Crippen LogP contribution in [0.1, 0.15) is 39.5 Å². The molecule has 5 aliphatic rings. The molecule has 0 bridgehead atoms. The van der Waals surface area contributed by atoms with Crippen LogP contribution in [0, 0.1) is 22.7 Å². The number of fused-ring (bicyclic) bond motifs is 3. The largest absolute Gasteiger partial charge is 0.390 e. The molecule has 1 spiro atoms. The van der Waals surface area contributed by atoms with Crippen molar-refractivity contribution in [3.05, 3.63) is 23.8 Å². The molecule has 146 valence electrons. The standard InChI is InChI=1S/C21H26O6/c1-18-6-5-12(23)7-11(18)3-4-13-14-8-15(24)20(26,16(25)10-22)19(14,2)9-17-21(13,18)27-17/h5-7,13-15,17,22,24,26H,3-4,8-10H2,1-2H3/t13-,14?,15+,17?,18-,19-,20-,21?/m0/s1. The molecule has 1 saturated heterocycles. The van der Waals surface area contributed by atoms with Crippen LogP contribution in [0.25, 0.3) is 0 Å². The van der Waals surface area contributed by atoms with Gasteiger partial charge in [0.1, 0.15) is 12.2 Å². The average Bonchev–Trinajstić information content (AvgIpc) is 3.31. The van der Waals surface area contributed by atoms with Crippen LogP contribution in [0.5, 0.6) is 0 Å². The van der Waals surface area contributed by atoms with Gasteiger partial charge in [-0.15, -0.1) is 0 Å². The molecule has 3 N–H and O–H groups in total. The van der Waals surface area contributed by atoms with Crippen molar-refractivity contribution in [3.8, 4) is 0 Å². The number of Topliss-reactive ketones (excluding diaryl/α,β-unsaturated/α-hetero) is 1. The Morgan fingerprint density at radius 1 is 1.33 bits per heavy atom. The van der Waals surface area contributed by atoms with Crippen LogP contribution in [0.2, 0.25) is 0 Å². The molecule has 0 amide bonds. The SMILES string of the molecule is C[C@]12C=CC(=O)C=C1CC[C@H]1C3C[C@@H](O)[C@](O)(C(=O)CO)[C@@]3(C)CC3OC312. The van der Waals surface area contributed by atoms with Gasteiger partial charge in [0.15, 0.2) is 17.2 Å². The van der Waals surface area contributed by atoms with E-state index in [2.05, 4.69) is 6.92 Å². The monoisotopic (exact) mass is 374 g/mol. The van der Waals surface area contributed by atoms with Crippen LogP contribution in [0.15, 0.2) is 23.8 Å². The highest BCUT2D eigenvalue weighted by Crippen LogP contribution is 2.75. The van der Waals surface area contributed by atoms with Crippen LogP contribution < -0.4 is 0 Å². The molecule has 4 aliphatic carbocycles. The Morgan fingerprint density at radius 3 is 2.78 bits per heavy atom. The van der Waals surface area contributed by atoms with Crippen LogP contribution in [0.4, 0.5) is 0 Å². The van der Waals surface area contributed by atoms with Gasteiger partial charge in [-0.25, -0.2) is 0 Å². The summed E-state index contributed by atoms with van der Waals surface area (Å²) in [5, 5.41) is 31.3. The van der Waals surface area contributed by atoms with Gasteiger partial charge in [0, 0.05) is 10.8 Å². The number of carbonyl (C=O) groups excluding carboxylic acids is 2. The molecule has 4 fully saturated rings. The first-order valence-corrected chi connectivity index (χ1v) is 9.82. The van der Waals surface area contributed by atoms with Crippen molar-refractivity contribution >= 4 is 11.6 Å². The fourth-order valence-corrected chi connectivity index (χ4v) is 7.29. The first kappa shape index (κ1) is 17.7. The number of hydrogen-bond acceptors (Lipinski definition) is 6. The van der Waals surface area contributed by atoms with Crippen molar-refractivity contribution in [2.75, 3.05) is 6.61 Å². The van der Waals surface area contributed by atoms with Gasteiger partial charge in [0.2, 0.25) is 0 Å². The number of aliphatic hydroxyl groups is 3. The minimum Gasteiger partial charge on any atom is -0.390 e. The van der Waals surface area contributed by atoms with Gasteiger partial charge in [0.05, 0.1) is 12.2 Å². The van der Waals surface area contributed by atoms with Gasteiger partial charge in [-0.3, -0.25) is 9.59 Å². The molecule has 1 aliphatic heterocycles. The number of ether oxygens (including phenoxy) is 1. The summed E-state index contributed by atoms with van der Waals surface area (Å²) in [5.41, 5.74) is -2.50. The summed E-state index contributed by atoms with van der Waals surface area (Å²) in [6, 6.07) is 0. The van der Waals surface area contributed by atoms with Crippen molar-refractivity contribution < 1.29 is 29.6 Å². The number of ketones is 2. The smallest absolute Gasteiger partial charge is 0.192 e. The Hall–Kier alpha value is -1.34. The van der Waals surface area contributed by atoms with E-state index in [1.165, 1.54) is 0 Å². The van der Waals surface area contributed by atoms with E-state index in [0.29, 0.717) is 12.8 Å². The molecule has 6 nitrogen and oxygen atoms in total. The number of aliphatic hydroxyl groups excluding tert-OH is 2. The molecule has 0 aromatic carbocycles. The quantitative estimate of drug-likeness (QED) is 0.614. The van der Waals surface area contributed by atoms with E-state index in [0.717, 1.165) is 18.4 Å². The maximum Gasteiger partial charge on any atom is 0.192 e. The number of epoxide rings is 1. The molecule has 3 unspecified atom stereocenters. The molecule has 5 rings (SSSR count). The Balaban J connectivity index is 1.60. The number of allylic oxidation sites excluding steroid dienone is 2. The number of carbonyl (C=O) groups is 2. The topological polar surface area (TPSA) is 107 Å². The van der Waals surface area contributed by atoms with E-state index in [1.807, 2.05) is 13.0 Å². The first-order valence-electron chi connectivity index (χ1n) is 9.82. The first-order chi connectivity index (χ1) is 12.6. The number of hydrogen-bond donors (Lipinski definition) is 3. The molecule has 8 atom stereocenters. The van der Waals surface area contributed by atoms with E-state index in [4.69, 9.17) is 4.74 Å². The second-order valence-electron chi connectivity index (χ2n) is 9.48. The van der Waals surface area contributed by atoms with Gasteiger partial charge in [-0.05, 0) is 56.6 Å². The van der Waals surface area contributed by atoms with E-state index in [-0.39, 0.29) is 29.1 Å². The van der Waals surface area contributed by atoms with Crippen LogP contribution >= 0.6 is 0 Å². The minimum atomic E-state index is -1.94. The molecule has 0 aromatic rings. The maximum atomic E-state index is 12.5. The van der Waals surface area contributed by atoms with E-state index in [1.54, 1.807) is 12.2 Å². The van der Waals surface area contributed by atoms with Crippen molar-refractivity contribution in [2.24, 2.45) is 22.7 Å². The lowest BCUT2D eigenvalue weighted by molar-refractivity contribution is -0.173. The zero-order valence-corrected chi connectivity index (χ0v) is 15.6. The third-order valence-electron chi connectivity index (χ3n) is 8.72. The fourth-order valence-electron chi connectivity index (χ4n) is 7.29. The summed E-state index contributed by atoms with van der Waals surface area (Å²) in [5.74, 6) is -0.708. The molecule has 0 radical (unpaired) electrons. The lowest BCUT2D eigenvalue weighted by atomic mass is 9.47. The highest BCUT2D eigenvalue weighted by atomic mass is 16.6. The Kier molecular flexibility index (Phi) is 3.27. The molecule has 1 heterocycles. The van der Waals surface area contributed by atoms with Gasteiger partial charge in [-0.1, -0.05) is 18.6 Å². The van der Waals surface area contributed by atoms with Gasteiger partial charge in [-0.2, -0.15) is 0 Å². The van der Waals surface area contributed by atoms with Crippen LogP contribution in [0.3, 0.4) is 0 Å². The third kappa shape index (κ3) is 1.73. The lowest BCUT2D eigenvalue weighted by Gasteiger charge is -2.55. The summed E-state index contributed by atoms with van der Waals surface area (Å²) in [6.07, 6.45) is 6.33. The van der Waals surface area contributed by atoms with Gasteiger partial charge < -0.3 is 20.1 Å². The van der Waals surface area contributed by atoms with Gasteiger partial charge in [0.25, 0.3) is 0 Å². The summed E-state index contributed by atoms with van der Waals surface area (Å²) in [7, 11) is 0. The molecule has 27 heavy (non-hydrogen) atoms. The maximum absolute atomic E-state index is 12.5. The van der Waals surface area contributed by atoms with Crippen molar-refractivity contribution in [1.29, 1.82) is 0 Å². The molecular formula is C21H26O6. The minimum absolute atomic E-state index is 0.00868. The second-order valence-corrected chi connectivity index (χ2v) is 9.48. The van der Waals surface area contributed by atoms with Crippen molar-refractivity contribution in [1.82, 2.24) is 0 Å². The van der Waals surface area contributed by atoms with Crippen LogP contribution in [-0.4, -0.2) is 56.9 Å². The summed E-state index contributed by atoms with van der Waals surface area (Å²) < 4.78 is 6.35. The zero-order valence-electron chi connectivity index (χ0n) is 15.6. The normalized spacial score (nSPS) is 55.1. The highest BCUT2D eigenvalue weighted by molar-refractivity contribution is 6.01.